The van der Waals surface area contributed by atoms with E-state index in [1.54, 1.807) is 6.20 Å². The fourth-order valence-corrected chi connectivity index (χ4v) is 3.92. The molecule has 3 aromatic rings. The van der Waals surface area contributed by atoms with E-state index < -0.39 is 11.6 Å². The molecule has 2 aromatic carbocycles. The molecule has 0 radical (unpaired) electrons. The number of halogens is 3. The van der Waals surface area contributed by atoms with Crippen LogP contribution in [0.5, 0.6) is 5.88 Å². The quantitative estimate of drug-likeness (QED) is 0.372. The number of ether oxygens (including phenoxy) is 1. The summed E-state index contributed by atoms with van der Waals surface area (Å²) in [6.07, 6.45) is 2.97. The van der Waals surface area contributed by atoms with E-state index in [4.69, 9.17) is 16.3 Å². The lowest BCUT2D eigenvalue weighted by molar-refractivity contribution is 0.232. The van der Waals surface area contributed by atoms with Gasteiger partial charge in [-0.3, -0.25) is 4.99 Å². The van der Waals surface area contributed by atoms with E-state index in [1.165, 1.54) is 18.2 Å². The topological polar surface area (TPSA) is 34.5 Å². The molecule has 1 aromatic heterocycles. The van der Waals surface area contributed by atoms with Crippen LogP contribution in [0.1, 0.15) is 43.9 Å². The van der Waals surface area contributed by atoms with E-state index in [1.807, 2.05) is 44.2 Å². The maximum atomic E-state index is 14.1. The summed E-state index contributed by atoms with van der Waals surface area (Å²) >= 11 is 6.55. The molecule has 0 spiro atoms. The Balaban J connectivity index is 0.00000141. The Labute approximate surface area is 192 Å². The molecule has 0 saturated carbocycles. The zero-order valence-electron chi connectivity index (χ0n) is 18.1. The second-order valence-electron chi connectivity index (χ2n) is 7.51. The van der Waals surface area contributed by atoms with Crippen LogP contribution in [0.4, 0.5) is 8.78 Å². The highest BCUT2D eigenvalue weighted by atomic mass is 35.5. The number of pyridine rings is 1. The Bertz CT molecular complexity index is 1090. The second-order valence-corrected chi connectivity index (χ2v) is 7.92. The van der Waals surface area contributed by atoms with Gasteiger partial charge in [0.25, 0.3) is 0 Å². The number of rotatable bonds is 5. The van der Waals surface area contributed by atoms with Gasteiger partial charge in [-0.1, -0.05) is 29.8 Å². The zero-order chi connectivity index (χ0) is 23.3. The molecule has 2 heterocycles. The number of benzene rings is 2. The molecule has 0 fully saturated rings. The first-order valence-electron chi connectivity index (χ1n) is 10.4. The SMILES string of the molecule is C=C.CC(C)Oc1ccc(-c2ccc([C@H]3CCC(c4c(F)cccc4F)=N3)c(Cl)c2)cn1. The second kappa shape index (κ2) is 10.5. The van der Waals surface area contributed by atoms with Gasteiger partial charge < -0.3 is 4.74 Å². The van der Waals surface area contributed by atoms with Gasteiger partial charge in [0.15, 0.2) is 0 Å². The monoisotopic (exact) mass is 454 g/mol. The third-order valence-corrected chi connectivity index (χ3v) is 5.33. The van der Waals surface area contributed by atoms with Crippen molar-refractivity contribution in [3.63, 3.8) is 0 Å². The first-order chi connectivity index (χ1) is 15.4. The number of nitrogens with zero attached hydrogens (tertiary/aromatic N) is 2. The van der Waals surface area contributed by atoms with Gasteiger partial charge in [0.2, 0.25) is 5.88 Å². The third-order valence-electron chi connectivity index (χ3n) is 5.00. The van der Waals surface area contributed by atoms with Crippen LogP contribution in [0.25, 0.3) is 11.1 Å². The van der Waals surface area contributed by atoms with Crippen molar-refractivity contribution in [3.05, 3.63) is 95.7 Å². The first kappa shape index (κ1) is 23.6. The van der Waals surface area contributed by atoms with Gasteiger partial charge in [0, 0.05) is 28.6 Å². The third kappa shape index (κ3) is 5.22. The molecule has 32 heavy (non-hydrogen) atoms. The van der Waals surface area contributed by atoms with E-state index >= 15 is 0 Å². The molecule has 3 nitrogen and oxygen atoms in total. The summed E-state index contributed by atoms with van der Waals surface area (Å²) in [5.41, 5.74) is 3.10. The number of hydrogen-bond acceptors (Lipinski definition) is 3. The molecule has 166 valence electrons. The van der Waals surface area contributed by atoms with Gasteiger partial charge in [-0.25, -0.2) is 13.8 Å². The van der Waals surface area contributed by atoms with Crippen molar-refractivity contribution in [2.75, 3.05) is 0 Å². The molecule has 0 aliphatic carbocycles. The molecular weight excluding hydrogens is 430 g/mol. The normalized spacial score (nSPS) is 15.2. The number of aromatic nitrogens is 1. The maximum Gasteiger partial charge on any atom is 0.213 e. The molecule has 0 unspecified atom stereocenters. The molecule has 4 rings (SSSR count). The fourth-order valence-electron chi connectivity index (χ4n) is 3.62. The van der Waals surface area contributed by atoms with E-state index in [2.05, 4.69) is 23.1 Å². The van der Waals surface area contributed by atoms with Gasteiger partial charge in [-0.15, -0.1) is 13.2 Å². The minimum atomic E-state index is -0.590. The minimum Gasteiger partial charge on any atom is -0.475 e. The van der Waals surface area contributed by atoms with Gasteiger partial charge in [0.05, 0.1) is 17.7 Å². The lowest BCUT2D eigenvalue weighted by Gasteiger charge is -2.12. The molecule has 0 bridgehead atoms. The van der Waals surface area contributed by atoms with Crippen molar-refractivity contribution >= 4 is 17.3 Å². The van der Waals surface area contributed by atoms with Crippen molar-refractivity contribution in [3.8, 4) is 17.0 Å². The van der Waals surface area contributed by atoms with Crippen molar-refractivity contribution in [2.24, 2.45) is 4.99 Å². The van der Waals surface area contributed by atoms with Crippen molar-refractivity contribution in [1.82, 2.24) is 4.98 Å². The Morgan fingerprint density at radius 2 is 1.72 bits per heavy atom. The van der Waals surface area contributed by atoms with Gasteiger partial charge in [-0.2, -0.15) is 0 Å². The molecule has 0 amide bonds. The summed E-state index contributed by atoms with van der Waals surface area (Å²) < 4.78 is 33.7. The highest BCUT2D eigenvalue weighted by Gasteiger charge is 2.25. The van der Waals surface area contributed by atoms with Crippen molar-refractivity contribution < 1.29 is 13.5 Å². The summed E-state index contributed by atoms with van der Waals surface area (Å²) in [6.45, 7) is 9.90. The summed E-state index contributed by atoms with van der Waals surface area (Å²) in [4.78, 5) is 8.90. The van der Waals surface area contributed by atoms with Crippen LogP contribution < -0.4 is 4.74 Å². The van der Waals surface area contributed by atoms with Crippen LogP contribution in [0.15, 0.2) is 72.9 Å². The highest BCUT2D eigenvalue weighted by molar-refractivity contribution is 6.31. The van der Waals surface area contributed by atoms with Gasteiger partial charge in [0.1, 0.15) is 11.6 Å². The maximum absolute atomic E-state index is 14.1. The highest BCUT2D eigenvalue weighted by Crippen LogP contribution is 2.37. The van der Waals surface area contributed by atoms with Gasteiger partial charge >= 0.3 is 0 Å². The summed E-state index contributed by atoms with van der Waals surface area (Å²) in [7, 11) is 0. The lowest BCUT2D eigenvalue weighted by Crippen LogP contribution is -2.06. The predicted molar refractivity (Wildman–Crippen MR) is 127 cm³/mol. The van der Waals surface area contributed by atoms with Crippen LogP contribution in [-0.4, -0.2) is 16.8 Å². The minimum absolute atomic E-state index is 0.0393. The Morgan fingerprint density at radius 3 is 2.31 bits per heavy atom. The standard InChI is InChI=1S/C24H21ClF2N2O.C2H4/c1-14(2)30-23-11-7-16(13-28-23)15-6-8-17(18(25)12-15)21-9-10-22(29-21)24-19(26)4-3-5-20(24)27;1-2/h3-8,11-14,21H,9-10H2,1-2H3;1-2H2/t21-;/m1./s1. The summed E-state index contributed by atoms with van der Waals surface area (Å²) in [6, 6.07) is 13.1. The van der Waals surface area contributed by atoms with Crippen LogP contribution >= 0.6 is 11.6 Å². The van der Waals surface area contributed by atoms with E-state index in [0.29, 0.717) is 29.5 Å². The predicted octanol–water partition coefficient (Wildman–Crippen LogP) is 7.59. The zero-order valence-corrected chi connectivity index (χ0v) is 18.9. The average Bonchev–Trinajstić information content (AvgIpc) is 3.24. The smallest absolute Gasteiger partial charge is 0.213 e. The largest absolute Gasteiger partial charge is 0.475 e. The molecule has 1 aliphatic rings. The average molecular weight is 455 g/mol. The van der Waals surface area contributed by atoms with Crippen molar-refractivity contribution in [1.29, 1.82) is 0 Å². The molecule has 0 N–H and O–H groups in total. The summed E-state index contributed by atoms with van der Waals surface area (Å²) in [5.74, 6) is -0.605. The lowest BCUT2D eigenvalue weighted by atomic mass is 9.99. The molecule has 1 atom stereocenters. The van der Waals surface area contributed by atoms with E-state index in [0.717, 1.165) is 16.7 Å². The van der Waals surface area contributed by atoms with Gasteiger partial charge in [-0.05, 0) is 62.1 Å². The summed E-state index contributed by atoms with van der Waals surface area (Å²) in [5, 5.41) is 0.569. The molecular formula is C26H25ClF2N2O. The van der Waals surface area contributed by atoms with Crippen LogP contribution in [0.2, 0.25) is 5.02 Å². The Kier molecular flexibility index (Phi) is 7.75. The molecule has 1 aliphatic heterocycles. The first-order valence-corrected chi connectivity index (χ1v) is 10.7. The molecule has 0 saturated heterocycles. The Morgan fingerprint density at radius 1 is 1.03 bits per heavy atom. The number of aliphatic imine (C=N–C) groups is 1. The molecule has 6 heteroatoms. The van der Waals surface area contributed by atoms with Crippen LogP contribution in [0, 0.1) is 11.6 Å². The van der Waals surface area contributed by atoms with Crippen LogP contribution in [0.3, 0.4) is 0 Å². The van der Waals surface area contributed by atoms with Crippen molar-refractivity contribution in [2.45, 2.75) is 38.8 Å². The number of hydrogen-bond donors (Lipinski definition) is 0. The fraction of sp³-hybridized carbons (Fsp3) is 0.231. The van der Waals surface area contributed by atoms with E-state index in [9.17, 15) is 8.78 Å². The van der Waals surface area contributed by atoms with Crippen LogP contribution in [-0.2, 0) is 0 Å². The van der Waals surface area contributed by atoms with E-state index in [-0.39, 0.29) is 17.7 Å². The Hall–Kier alpha value is -3.05.